The maximum absolute atomic E-state index is 12.3. The molecule has 0 saturated carbocycles. The average molecular weight is 383 g/mol. The molecule has 1 aliphatic rings. The van der Waals surface area contributed by atoms with Crippen molar-refractivity contribution in [1.29, 1.82) is 0 Å². The van der Waals surface area contributed by atoms with Gasteiger partial charge in [-0.2, -0.15) is 0 Å². The minimum absolute atomic E-state index is 0.00745. The number of nitrogens with one attached hydrogen (secondary N) is 1. The van der Waals surface area contributed by atoms with Crippen molar-refractivity contribution in [3.63, 3.8) is 0 Å². The molecule has 3 rings (SSSR count). The Kier molecular flexibility index (Phi) is 6.13. The highest BCUT2D eigenvalue weighted by Gasteiger charge is 2.18. The van der Waals surface area contributed by atoms with E-state index in [9.17, 15) is 14.7 Å². The third kappa shape index (κ3) is 4.24. The molecular weight excluding hydrogens is 358 g/mol. The maximum Gasteiger partial charge on any atom is 0.335 e. The zero-order valence-corrected chi connectivity index (χ0v) is 16.2. The van der Waals surface area contributed by atoms with Crippen LogP contribution in [0.1, 0.15) is 44.6 Å². The van der Waals surface area contributed by atoms with Gasteiger partial charge >= 0.3 is 5.69 Å². The Bertz CT molecular complexity index is 1010. The second-order valence-corrected chi connectivity index (χ2v) is 6.82. The molecule has 2 aromatic rings. The number of hydrogen-bond donors (Lipinski definition) is 2. The summed E-state index contributed by atoms with van der Waals surface area (Å²) in [6, 6.07) is 6.60. The van der Waals surface area contributed by atoms with Crippen LogP contribution >= 0.6 is 0 Å². The molecule has 7 nitrogen and oxygen atoms in total. The molecule has 1 aromatic carbocycles. The SMILES string of the molecule is COc1ccc(-n2c(O)c(C(C)=NCCC3=CCCCC3)c(=O)[nH]c2=O)cc1. The van der Waals surface area contributed by atoms with Gasteiger partial charge < -0.3 is 9.84 Å². The molecule has 7 heteroatoms. The number of methoxy groups -OCH3 is 1. The van der Waals surface area contributed by atoms with E-state index >= 15 is 0 Å². The number of aromatic nitrogens is 2. The van der Waals surface area contributed by atoms with Crippen LogP contribution in [0, 0.1) is 0 Å². The Morgan fingerprint density at radius 3 is 2.64 bits per heavy atom. The fourth-order valence-corrected chi connectivity index (χ4v) is 3.40. The number of aromatic amines is 1. The predicted molar refractivity (Wildman–Crippen MR) is 109 cm³/mol. The molecule has 0 bridgehead atoms. The van der Waals surface area contributed by atoms with Crippen LogP contribution in [0.25, 0.3) is 5.69 Å². The monoisotopic (exact) mass is 383 g/mol. The number of benzene rings is 1. The lowest BCUT2D eigenvalue weighted by atomic mass is 9.97. The lowest BCUT2D eigenvalue weighted by Crippen LogP contribution is -2.32. The molecule has 0 radical (unpaired) electrons. The summed E-state index contributed by atoms with van der Waals surface area (Å²) in [7, 11) is 1.54. The number of nitrogens with zero attached hydrogens (tertiary/aromatic N) is 2. The molecule has 148 valence electrons. The number of H-pyrrole nitrogens is 1. The molecule has 0 spiro atoms. The van der Waals surface area contributed by atoms with Gasteiger partial charge in [-0.05, 0) is 63.3 Å². The Hall–Kier alpha value is -3.09. The van der Waals surface area contributed by atoms with E-state index in [-0.39, 0.29) is 5.56 Å². The summed E-state index contributed by atoms with van der Waals surface area (Å²) >= 11 is 0. The van der Waals surface area contributed by atoms with Crippen molar-refractivity contribution in [1.82, 2.24) is 9.55 Å². The predicted octanol–water partition coefficient (Wildman–Crippen LogP) is 2.94. The van der Waals surface area contributed by atoms with Gasteiger partial charge in [0.05, 0.1) is 12.8 Å². The topological polar surface area (TPSA) is 96.7 Å². The molecule has 0 fully saturated rings. The molecule has 0 unspecified atom stereocenters. The summed E-state index contributed by atoms with van der Waals surface area (Å²) in [5.74, 6) is 0.202. The van der Waals surface area contributed by atoms with Crippen LogP contribution < -0.4 is 16.0 Å². The van der Waals surface area contributed by atoms with E-state index in [1.165, 1.54) is 18.4 Å². The number of aromatic hydroxyl groups is 1. The molecule has 1 aliphatic carbocycles. The van der Waals surface area contributed by atoms with Crippen LogP contribution in [0.4, 0.5) is 0 Å². The second-order valence-electron chi connectivity index (χ2n) is 6.82. The van der Waals surface area contributed by atoms with E-state index in [1.807, 2.05) is 0 Å². The zero-order valence-electron chi connectivity index (χ0n) is 16.2. The summed E-state index contributed by atoms with van der Waals surface area (Å²) in [4.78, 5) is 31.3. The number of ether oxygens (including phenoxy) is 1. The smallest absolute Gasteiger partial charge is 0.335 e. The number of aliphatic imine (C=N–C) groups is 1. The standard InChI is InChI=1S/C21H25N3O4/c1-14(22-13-12-15-6-4-3-5-7-15)18-19(25)23-21(27)24(20(18)26)16-8-10-17(28-2)11-9-16/h6,8-11,26H,3-5,7,12-13H2,1-2H3,(H,23,25,27). The first-order valence-corrected chi connectivity index (χ1v) is 9.43. The fraction of sp³-hybridized carbons (Fsp3) is 0.381. The number of rotatable bonds is 6. The van der Waals surface area contributed by atoms with Crippen LogP contribution in [-0.2, 0) is 0 Å². The molecule has 28 heavy (non-hydrogen) atoms. The zero-order chi connectivity index (χ0) is 20.1. The van der Waals surface area contributed by atoms with Crippen molar-refractivity contribution in [3.8, 4) is 17.3 Å². The molecule has 0 aliphatic heterocycles. The second kappa shape index (κ2) is 8.73. The van der Waals surface area contributed by atoms with Crippen molar-refractivity contribution in [2.75, 3.05) is 13.7 Å². The minimum Gasteiger partial charge on any atom is -0.497 e. The van der Waals surface area contributed by atoms with Gasteiger partial charge in [0.15, 0.2) is 0 Å². The highest BCUT2D eigenvalue weighted by molar-refractivity contribution is 6.00. The van der Waals surface area contributed by atoms with Gasteiger partial charge in [-0.25, -0.2) is 9.36 Å². The highest BCUT2D eigenvalue weighted by atomic mass is 16.5. The van der Waals surface area contributed by atoms with Crippen LogP contribution in [-0.4, -0.2) is 34.0 Å². The summed E-state index contributed by atoms with van der Waals surface area (Å²) in [6.45, 7) is 2.21. The number of allylic oxidation sites excluding steroid dienone is 1. The van der Waals surface area contributed by atoms with Crippen molar-refractivity contribution < 1.29 is 9.84 Å². The lowest BCUT2D eigenvalue weighted by molar-refractivity contribution is 0.414. The normalized spacial score (nSPS) is 14.6. The van der Waals surface area contributed by atoms with Crippen molar-refractivity contribution in [2.24, 2.45) is 4.99 Å². The van der Waals surface area contributed by atoms with Crippen LogP contribution in [0.15, 0.2) is 50.5 Å². The minimum atomic E-state index is -0.712. The van der Waals surface area contributed by atoms with Gasteiger partial charge in [-0.15, -0.1) is 0 Å². The van der Waals surface area contributed by atoms with Gasteiger partial charge in [0.25, 0.3) is 5.56 Å². The largest absolute Gasteiger partial charge is 0.497 e. The first-order chi connectivity index (χ1) is 13.5. The average Bonchev–Trinajstić information content (AvgIpc) is 2.69. The molecule has 1 aromatic heterocycles. The van der Waals surface area contributed by atoms with Crippen molar-refractivity contribution in [3.05, 3.63) is 62.3 Å². The van der Waals surface area contributed by atoms with Crippen molar-refractivity contribution in [2.45, 2.75) is 39.0 Å². The van der Waals surface area contributed by atoms with E-state index in [4.69, 9.17) is 4.74 Å². The van der Waals surface area contributed by atoms with Crippen LogP contribution in [0.3, 0.4) is 0 Å². The Labute approximate surface area is 163 Å². The molecular formula is C21H25N3O4. The van der Waals surface area contributed by atoms with E-state index in [0.29, 0.717) is 23.7 Å². The summed E-state index contributed by atoms with van der Waals surface area (Å²) in [5.41, 5.74) is 0.859. The van der Waals surface area contributed by atoms with Crippen LogP contribution in [0.2, 0.25) is 0 Å². The van der Waals surface area contributed by atoms with Crippen molar-refractivity contribution >= 4 is 5.71 Å². The van der Waals surface area contributed by atoms with Crippen LogP contribution in [0.5, 0.6) is 11.6 Å². The quantitative estimate of drug-likeness (QED) is 0.592. The molecule has 2 N–H and O–H groups in total. The maximum atomic E-state index is 12.3. The highest BCUT2D eigenvalue weighted by Crippen LogP contribution is 2.21. The molecule has 1 heterocycles. The van der Waals surface area contributed by atoms with E-state index in [1.54, 1.807) is 38.3 Å². The van der Waals surface area contributed by atoms with E-state index in [0.717, 1.165) is 23.8 Å². The lowest BCUT2D eigenvalue weighted by Gasteiger charge is -2.13. The first-order valence-electron chi connectivity index (χ1n) is 9.43. The van der Waals surface area contributed by atoms with Gasteiger partial charge in [0, 0.05) is 12.3 Å². The molecule has 0 amide bonds. The summed E-state index contributed by atoms with van der Waals surface area (Å²) in [5, 5.41) is 10.7. The first kappa shape index (κ1) is 19.7. The van der Waals surface area contributed by atoms with Gasteiger partial charge in [-0.3, -0.25) is 14.8 Å². The van der Waals surface area contributed by atoms with E-state index in [2.05, 4.69) is 16.1 Å². The Balaban J connectivity index is 1.92. The Morgan fingerprint density at radius 2 is 2.00 bits per heavy atom. The Morgan fingerprint density at radius 1 is 1.25 bits per heavy atom. The molecule has 0 saturated heterocycles. The van der Waals surface area contributed by atoms with Gasteiger partial charge in [-0.1, -0.05) is 11.6 Å². The van der Waals surface area contributed by atoms with Gasteiger partial charge in [0.2, 0.25) is 5.88 Å². The third-order valence-corrected chi connectivity index (χ3v) is 4.95. The third-order valence-electron chi connectivity index (χ3n) is 4.95. The van der Waals surface area contributed by atoms with E-state index < -0.39 is 17.1 Å². The summed E-state index contributed by atoms with van der Waals surface area (Å²) in [6.07, 6.45) is 7.77. The summed E-state index contributed by atoms with van der Waals surface area (Å²) < 4.78 is 6.16. The number of hydrogen-bond acceptors (Lipinski definition) is 5. The fourth-order valence-electron chi connectivity index (χ4n) is 3.40. The molecule has 0 atom stereocenters. The van der Waals surface area contributed by atoms with Gasteiger partial charge in [0.1, 0.15) is 11.3 Å².